The fourth-order valence-electron chi connectivity index (χ4n) is 2.18. The summed E-state index contributed by atoms with van der Waals surface area (Å²) >= 11 is 1.33. The molecule has 148 valence electrons. The minimum atomic E-state index is -0.725. The number of carbonyl (C=O) groups excluding carboxylic acids is 4. The average Bonchev–Trinajstić information content (AvgIpc) is 3.22. The van der Waals surface area contributed by atoms with Crippen LogP contribution in [-0.4, -0.2) is 42.9 Å². The molecule has 1 atom stereocenters. The van der Waals surface area contributed by atoms with Crippen LogP contribution in [0, 0.1) is 0 Å². The van der Waals surface area contributed by atoms with Crippen LogP contribution in [0.2, 0.25) is 0 Å². The van der Waals surface area contributed by atoms with Gasteiger partial charge in [-0.1, -0.05) is 6.07 Å². The first kappa shape index (κ1) is 21.1. The van der Waals surface area contributed by atoms with Gasteiger partial charge in [0.25, 0.3) is 11.8 Å². The summed E-state index contributed by atoms with van der Waals surface area (Å²) in [4.78, 5) is 47.9. The monoisotopic (exact) mass is 403 g/mol. The van der Waals surface area contributed by atoms with Crippen LogP contribution in [0.4, 0.5) is 5.69 Å². The van der Waals surface area contributed by atoms with Crippen LogP contribution in [-0.2, 0) is 14.3 Å². The molecule has 0 saturated heterocycles. The van der Waals surface area contributed by atoms with E-state index in [2.05, 4.69) is 16.0 Å². The van der Waals surface area contributed by atoms with Gasteiger partial charge in [0.1, 0.15) is 6.04 Å². The number of hydrogen-bond donors (Lipinski definition) is 3. The Morgan fingerprint density at radius 3 is 2.43 bits per heavy atom. The van der Waals surface area contributed by atoms with E-state index in [1.54, 1.807) is 36.6 Å². The minimum absolute atomic E-state index is 0.233. The number of benzene rings is 1. The molecule has 0 spiro atoms. The van der Waals surface area contributed by atoms with E-state index in [-0.39, 0.29) is 17.4 Å². The van der Waals surface area contributed by atoms with Crippen molar-refractivity contribution < 1.29 is 23.9 Å². The molecule has 0 unspecified atom stereocenters. The molecule has 1 heterocycles. The van der Waals surface area contributed by atoms with E-state index in [4.69, 9.17) is 4.74 Å². The SMILES string of the molecule is CCNC(=O)[C@@H](C)NC(=O)COC(=O)c1ccc(NC(=O)c2cccs2)cc1. The minimum Gasteiger partial charge on any atom is -0.452 e. The largest absolute Gasteiger partial charge is 0.452 e. The van der Waals surface area contributed by atoms with E-state index >= 15 is 0 Å². The Bertz CT molecular complexity index is 834. The van der Waals surface area contributed by atoms with Gasteiger partial charge in [-0.15, -0.1) is 11.3 Å². The van der Waals surface area contributed by atoms with Gasteiger partial charge in [0.05, 0.1) is 10.4 Å². The maximum atomic E-state index is 12.0. The van der Waals surface area contributed by atoms with Crippen molar-refractivity contribution >= 4 is 40.7 Å². The molecule has 1 aromatic heterocycles. The smallest absolute Gasteiger partial charge is 0.338 e. The molecule has 8 nitrogen and oxygen atoms in total. The second-order valence-electron chi connectivity index (χ2n) is 5.77. The molecule has 0 fully saturated rings. The van der Waals surface area contributed by atoms with Crippen LogP contribution in [0.15, 0.2) is 41.8 Å². The lowest BCUT2D eigenvalue weighted by molar-refractivity contribution is -0.130. The van der Waals surface area contributed by atoms with Crippen molar-refractivity contribution in [1.82, 2.24) is 10.6 Å². The number of ether oxygens (including phenoxy) is 1. The lowest BCUT2D eigenvalue weighted by atomic mass is 10.2. The van der Waals surface area contributed by atoms with Crippen molar-refractivity contribution in [1.29, 1.82) is 0 Å². The predicted octanol–water partition coefficient (Wildman–Crippen LogP) is 1.80. The third-order valence-corrected chi connectivity index (χ3v) is 4.45. The normalized spacial score (nSPS) is 11.2. The number of amides is 3. The van der Waals surface area contributed by atoms with Crippen molar-refractivity contribution in [2.24, 2.45) is 0 Å². The Morgan fingerprint density at radius 1 is 1.11 bits per heavy atom. The van der Waals surface area contributed by atoms with E-state index in [0.29, 0.717) is 17.1 Å². The highest BCUT2D eigenvalue weighted by atomic mass is 32.1. The fraction of sp³-hybridized carbons (Fsp3) is 0.263. The number of carbonyl (C=O) groups is 4. The summed E-state index contributed by atoms with van der Waals surface area (Å²) in [5.74, 6) is -1.81. The highest BCUT2D eigenvalue weighted by Gasteiger charge is 2.16. The molecule has 3 N–H and O–H groups in total. The number of nitrogens with one attached hydrogen (secondary N) is 3. The Labute approximate surface area is 166 Å². The zero-order valence-electron chi connectivity index (χ0n) is 15.5. The van der Waals surface area contributed by atoms with E-state index in [9.17, 15) is 19.2 Å². The van der Waals surface area contributed by atoms with Gasteiger partial charge in [0.15, 0.2) is 6.61 Å². The maximum Gasteiger partial charge on any atom is 0.338 e. The molecule has 0 aliphatic carbocycles. The number of hydrogen-bond acceptors (Lipinski definition) is 6. The molecule has 0 aliphatic rings. The molecule has 9 heteroatoms. The van der Waals surface area contributed by atoms with Gasteiger partial charge in [-0.05, 0) is 49.6 Å². The molecular weight excluding hydrogens is 382 g/mol. The summed E-state index contributed by atoms with van der Waals surface area (Å²) in [6.07, 6.45) is 0. The lowest BCUT2D eigenvalue weighted by Gasteiger charge is -2.13. The number of thiophene rings is 1. The average molecular weight is 403 g/mol. The van der Waals surface area contributed by atoms with Crippen molar-refractivity contribution in [3.63, 3.8) is 0 Å². The van der Waals surface area contributed by atoms with Crippen LogP contribution in [0.25, 0.3) is 0 Å². The molecule has 0 radical (unpaired) electrons. The van der Waals surface area contributed by atoms with Gasteiger partial charge in [-0.3, -0.25) is 14.4 Å². The number of likely N-dealkylation sites (N-methyl/N-ethyl adjacent to an activating group) is 1. The van der Waals surface area contributed by atoms with E-state index in [1.807, 2.05) is 0 Å². The van der Waals surface area contributed by atoms with Crippen molar-refractivity contribution in [2.45, 2.75) is 19.9 Å². The molecule has 28 heavy (non-hydrogen) atoms. The number of rotatable bonds is 8. The summed E-state index contributed by atoms with van der Waals surface area (Å²) in [5, 5.41) is 9.55. The summed E-state index contributed by atoms with van der Waals surface area (Å²) < 4.78 is 4.94. The van der Waals surface area contributed by atoms with E-state index in [0.717, 1.165) is 0 Å². The first-order chi connectivity index (χ1) is 13.4. The third kappa shape index (κ3) is 6.20. The highest BCUT2D eigenvalue weighted by molar-refractivity contribution is 7.12. The molecule has 0 aliphatic heterocycles. The van der Waals surface area contributed by atoms with Gasteiger partial charge in [-0.2, -0.15) is 0 Å². The van der Waals surface area contributed by atoms with E-state index in [1.165, 1.54) is 30.4 Å². The Morgan fingerprint density at radius 2 is 1.82 bits per heavy atom. The lowest BCUT2D eigenvalue weighted by Crippen LogP contribution is -2.46. The van der Waals surface area contributed by atoms with Crippen molar-refractivity contribution in [3.05, 3.63) is 52.2 Å². The zero-order valence-corrected chi connectivity index (χ0v) is 16.3. The summed E-state index contributed by atoms with van der Waals surface area (Å²) in [5.41, 5.74) is 0.766. The van der Waals surface area contributed by atoms with Gasteiger partial charge in [0, 0.05) is 12.2 Å². The van der Waals surface area contributed by atoms with Gasteiger partial charge < -0.3 is 20.7 Å². The van der Waals surface area contributed by atoms with Crippen LogP contribution in [0.5, 0.6) is 0 Å². The summed E-state index contributed by atoms with van der Waals surface area (Å²) in [6, 6.07) is 8.88. The molecule has 2 aromatic rings. The fourth-order valence-corrected chi connectivity index (χ4v) is 2.80. The predicted molar refractivity (Wildman–Crippen MR) is 105 cm³/mol. The first-order valence-electron chi connectivity index (χ1n) is 8.59. The van der Waals surface area contributed by atoms with Crippen LogP contribution in [0.3, 0.4) is 0 Å². The second kappa shape index (κ2) is 10.2. The maximum absolute atomic E-state index is 12.0. The topological polar surface area (TPSA) is 114 Å². The highest BCUT2D eigenvalue weighted by Crippen LogP contribution is 2.14. The van der Waals surface area contributed by atoms with Gasteiger partial charge >= 0.3 is 5.97 Å². The van der Waals surface area contributed by atoms with Gasteiger partial charge in [-0.25, -0.2) is 4.79 Å². The molecule has 3 amide bonds. The number of esters is 1. The van der Waals surface area contributed by atoms with E-state index < -0.39 is 24.5 Å². The molecule has 1 aromatic carbocycles. The molecular formula is C19H21N3O5S. The third-order valence-electron chi connectivity index (χ3n) is 3.58. The molecule has 2 rings (SSSR count). The summed E-state index contributed by atoms with van der Waals surface area (Å²) in [6.45, 7) is 3.26. The first-order valence-corrected chi connectivity index (χ1v) is 9.47. The van der Waals surface area contributed by atoms with Crippen molar-refractivity contribution in [2.75, 3.05) is 18.5 Å². The Kier molecular flexibility index (Phi) is 7.70. The van der Waals surface area contributed by atoms with Crippen LogP contribution < -0.4 is 16.0 Å². The summed E-state index contributed by atoms with van der Waals surface area (Å²) in [7, 11) is 0. The molecule has 0 saturated carbocycles. The van der Waals surface area contributed by atoms with Gasteiger partial charge in [0.2, 0.25) is 5.91 Å². The van der Waals surface area contributed by atoms with Crippen molar-refractivity contribution in [3.8, 4) is 0 Å². The number of anilines is 1. The van der Waals surface area contributed by atoms with Crippen LogP contribution >= 0.6 is 11.3 Å². The van der Waals surface area contributed by atoms with Crippen LogP contribution in [0.1, 0.15) is 33.9 Å². The standard InChI is InChI=1S/C19H21N3O5S/c1-3-20-17(24)12(2)21-16(23)11-27-19(26)13-6-8-14(9-7-13)22-18(25)15-5-4-10-28-15/h4-10,12H,3,11H2,1-2H3,(H,20,24)(H,21,23)(H,22,25)/t12-/m1/s1. The molecule has 0 bridgehead atoms. The Hall–Kier alpha value is -3.20. The zero-order chi connectivity index (χ0) is 20.5. The quantitative estimate of drug-likeness (QED) is 0.582. The second-order valence-corrected chi connectivity index (χ2v) is 6.72. The Balaban J connectivity index is 1.81.